The van der Waals surface area contributed by atoms with Crippen LogP contribution in [0.15, 0.2) is 22.6 Å². The molecule has 0 heterocycles. The Morgan fingerprint density at radius 3 is 3.25 bits per heavy atom. The van der Waals surface area contributed by atoms with Crippen LogP contribution in [0.2, 0.25) is 0 Å². The van der Waals surface area contributed by atoms with Gasteiger partial charge in [-0.1, -0.05) is 15.9 Å². The predicted octanol–water partition coefficient (Wildman–Crippen LogP) is 1.95. The number of nitrogens with one attached hydrogen (secondary N) is 1. The summed E-state index contributed by atoms with van der Waals surface area (Å²) in [4.78, 5) is 11.5. The first-order valence-electron chi connectivity index (χ1n) is 5.83. The van der Waals surface area contributed by atoms with Gasteiger partial charge in [-0.3, -0.25) is 4.79 Å². The maximum atomic E-state index is 13.7. The van der Waals surface area contributed by atoms with Gasteiger partial charge in [0.1, 0.15) is 5.82 Å². The third-order valence-electron chi connectivity index (χ3n) is 1.08. The molecular weight excluding hydrogens is 225 g/mol. The molecule has 4 heteroatoms. The van der Waals surface area contributed by atoms with Crippen molar-refractivity contribution in [2.45, 2.75) is 0 Å². The van der Waals surface area contributed by atoms with Crippen LogP contribution in [0.1, 0.15) is 18.6 Å². The molecule has 0 bridgehead atoms. The van der Waals surface area contributed by atoms with Gasteiger partial charge in [0, 0.05) is 15.6 Å². The molecule has 1 N–H and O–H groups in total. The van der Waals surface area contributed by atoms with E-state index in [4.69, 9.17) is 8.22 Å². The molecule has 0 saturated carbocycles. The van der Waals surface area contributed by atoms with Gasteiger partial charge in [0.2, 0.25) is 0 Å². The van der Waals surface area contributed by atoms with Crippen molar-refractivity contribution in [1.82, 2.24) is 5.32 Å². The zero-order valence-corrected chi connectivity index (χ0v) is 7.25. The van der Waals surface area contributed by atoms with E-state index in [1.54, 1.807) is 0 Å². The Labute approximate surface area is 86.3 Å². The van der Waals surface area contributed by atoms with E-state index >= 15 is 0 Å². The molecule has 0 saturated heterocycles. The summed E-state index contributed by atoms with van der Waals surface area (Å²) in [5, 5.41) is 1.51. The lowest BCUT2D eigenvalue weighted by atomic mass is 10.2. The average Bonchev–Trinajstić information content (AvgIpc) is 2.21. The molecule has 1 aromatic carbocycles. The Bertz CT molecular complexity index is 488. The highest BCUT2D eigenvalue weighted by atomic mass is 79.9. The highest BCUT2D eigenvalue weighted by molar-refractivity contribution is 9.10. The summed E-state index contributed by atoms with van der Waals surface area (Å²) in [6.07, 6.45) is 0. The molecule has 0 aliphatic rings. The summed E-state index contributed by atoms with van der Waals surface area (Å²) >= 11 is 2.75. The summed E-state index contributed by atoms with van der Waals surface area (Å²) in [6.45, 7) is -2.84. The Balaban J connectivity index is 3.38. The van der Waals surface area contributed by atoms with Crippen molar-refractivity contribution in [2.75, 3.05) is 6.98 Å². The normalized spacial score (nSPS) is 17.8. The Morgan fingerprint density at radius 1 is 1.83 bits per heavy atom. The van der Waals surface area contributed by atoms with Crippen LogP contribution in [-0.2, 0) is 0 Å². The zero-order chi connectivity index (χ0) is 14.2. The van der Waals surface area contributed by atoms with Crippen LogP contribution < -0.4 is 5.32 Å². The van der Waals surface area contributed by atoms with Gasteiger partial charge in [-0.2, -0.15) is 0 Å². The third kappa shape index (κ3) is 1.82. The fourth-order valence-electron chi connectivity index (χ4n) is 0.581. The van der Waals surface area contributed by atoms with Crippen LogP contribution in [-0.4, -0.2) is 12.9 Å². The number of rotatable bonds is 1. The fraction of sp³-hybridized carbons (Fsp3) is 0.125. The van der Waals surface area contributed by atoms with Crippen molar-refractivity contribution in [1.29, 1.82) is 0 Å². The number of carbonyl (C=O) groups excluding carboxylic acids is 1. The van der Waals surface area contributed by atoms with Gasteiger partial charge in [-0.25, -0.2) is 4.39 Å². The van der Waals surface area contributed by atoms with E-state index < -0.39 is 42.4 Å². The summed E-state index contributed by atoms with van der Waals surface area (Å²) in [7, 11) is 0. The van der Waals surface area contributed by atoms with Crippen molar-refractivity contribution < 1.29 is 17.4 Å². The first kappa shape index (κ1) is 3.87. The maximum absolute atomic E-state index is 13.7. The minimum atomic E-state index is -2.84. The van der Waals surface area contributed by atoms with Gasteiger partial charge < -0.3 is 5.32 Å². The molecule has 2 nitrogen and oxygen atoms in total. The molecule has 0 aromatic heterocycles. The molecule has 0 aliphatic carbocycles. The Morgan fingerprint density at radius 2 is 2.58 bits per heavy atom. The van der Waals surface area contributed by atoms with Crippen LogP contribution in [0.3, 0.4) is 0 Å². The number of amides is 1. The van der Waals surface area contributed by atoms with Gasteiger partial charge in [-0.15, -0.1) is 0 Å². The van der Waals surface area contributed by atoms with E-state index in [0.29, 0.717) is 0 Å². The number of halogens is 2. The first-order chi connectivity index (χ1) is 8.06. The lowest BCUT2D eigenvalue weighted by Gasteiger charge is -2.00. The second-order valence-corrected chi connectivity index (χ2v) is 2.63. The van der Waals surface area contributed by atoms with Crippen LogP contribution in [0, 0.1) is 5.82 Å². The molecule has 1 rings (SSSR count). The molecule has 1 amide bonds. The van der Waals surface area contributed by atoms with Gasteiger partial charge in [0.25, 0.3) is 5.91 Å². The summed E-state index contributed by atoms with van der Waals surface area (Å²) in [5.74, 6) is -2.70. The van der Waals surface area contributed by atoms with Crippen molar-refractivity contribution in [3.8, 4) is 0 Å². The molecule has 64 valence electrons. The highest BCUT2D eigenvalue weighted by Crippen LogP contribution is 2.14. The number of hydrogen-bond donors (Lipinski definition) is 1. The van der Waals surface area contributed by atoms with Gasteiger partial charge >= 0.3 is 0 Å². The van der Waals surface area contributed by atoms with E-state index in [0.717, 1.165) is 0 Å². The standard InChI is InChI=1S/C8H7BrFNO/c1-11-8(12)6-3-2-5(9)4-7(6)10/h2-4H,1H3,(H,11,12)/i1D3,2D,3D,4D. The van der Waals surface area contributed by atoms with E-state index in [1.165, 1.54) is 5.32 Å². The molecule has 0 spiro atoms. The minimum absolute atomic E-state index is 0.268. The van der Waals surface area contributed by atoms with Gasteiger partial charge in [0.05, 0.1) is 9.68 Å². The molecule has 0 aliphatic heterocycles. The smallest absolute Gasteiger partial charge is 0.253 e. The van der Waals surface area contributed by atoms with Crippen LogP contribution >= 0.6 is 15.9 Å². The van der Waals surface area contributed by atoms with Crippen molar-refractivity contribution in [3.63, 3.8) is 0 Å². The number of hydrogen-bond acceptors (Lipinski definition) is 1. The molecule has 0 atom stereocenters. The molecule has 0 unspecified atom stereocenters. The van der Waals surface area contributed by atoms with Crippen LogP contribution in [0.25, 0.3) is 0 Å². The van der Waals surface area contributed by atoms with Crippen molar-refractivity contribution >= 4 is 21.8 Å². The van der Waals surface area contributed by atoms with Crippen molar-refractivity contribution in [3.05, 3.63) is 34.0 Å². The summed E-state index contributed by atoms with van der Waals surface area (Å²) in [5.41, 5.74) is -0.927. The molecule has 12 heavy (non-hydrogen) atoms. The van der Waals surface area contributed by atoms with Crippen molar-refractivity contribution in [2.24, 2.45) is 0 Å². The largest absolute Gasteiger partial charge is 0.355 e. The van der Waals surface area contributed by atoms with Crippen LogP contribution in [0.4, 0.5) is 4.39 Å². The minimum Gasteiger partial charge on any atom is -0.355 e. The highest BCUT2D eigenvalue weighted by Gasteiger charge is 2.08. The quantitative estimate of drug-likeness (QED) is 0.795. The van der Waals surface area contributed by atoms with Gasteiger partial charge in [0.15, 0.2) is 0 Å². The van der Waals surface area contributed by atoms with Gasteiger partial charge in [-0.05, 0) is 18.1 Å². The maximum Gasteiger partial charge on any atom is 0.253 e. The third-order valence-corrected chi connectivity index (χ3v) is 1.47. The van der Waals surface area contributed by atoms with E-state index in [-0.39, 0.29) is 4.47 Å². The van der Waals surface area contributed by atoms with E-state index in [2.05, 4.69) is 15.9 Å². The topological polar surface area (TPSA) is 29.1 Å². The fourth-order valence-corrected chi connectivity index (χ4v) is 0.854. The zero-order valence-electron chi connectivity index (χ0n) is 11.7. The SMILES string of the molecule is [2H]c1c([2H])c(C(=O)NC([2H])([2H])[2H])c(F)c([2H])c1Br. The molecule has 0 radical (unpaired) electrons. The Kier molecular flexibility index (Phi) is 1.18. The summed E-state index contributed by atoms with van der Waals surface area (Å²) in [6, 6.07) is -2.11. The number of benzene rings is 1. The second-order valence-electron chi connectivity index (χ2n) is 1.83. The average molecular weight is 238 g/mol. The Hall–Kier alpha value is -0.900. The monoisotopic (exact) mass is 237 g/mol. The van der Waals surface area contributed by atoms with Crippen LogP contribution in [0.5, 0.6) is 0 Å². The summed E-state index contributed by atoms with van der Waals surface area (Å²) < 4.78 is 56.0. The van der Waals surface area contributed by atoms with E-state index in [1.807, 2.05) is 0 Å². The molecule has 0 fully saturated rings. The first-order valence-corrected chi connectivity index (χ1v) is 3.63. The lowest BCUT2D eigenvalue weighted by Crippen LogP contribution is -2.19. The molecule has 1 aromatic rings. The number of carbonyl (C=O) groups is 1. The predicted molar refractivity (Wildman–Crippen MR) is 47.5 cm³/mol. The lowest BCUT2D eigenvalue weighted by molar-refractivity contribution is 0.0959. The van der Waals surface area contributed by atoms with E-state index in [9.17, 15) is 9.18 Å². The second kappa shape index (κ2) is 3.67. The molecular formula is C8H7BrFNO.